The quantitative estimate of drug-likeness (QED) is 0.800. The van der Waals surface area contributed by atoms with Crippen molar-refractivity contribution in [2.75, 3.05) is 0 Å². The summed E-state index contributed by atoms with van der Waals surface area (Å²) in [5, 5.41) is 17.9. The SMILES string of the molecule is Cc1ccc(Oc2nn[nH]c2C(=O)O)cn1. The number of aromatic amines is 1. The van der Waals surface area contributed by atoms with Crippen LogP contribution in [0.3, 0.4) is 0 Å². The van der Waals surface area contributed by atoms with Gasteiger partial charge in [0.15, 0.2) is 0 Å². The Bertz CT molecular complexity index is 506. The number of ether oxygens (including phenoxy) is 1. The number of nitrogens with one attached hydrogen (secondary N) is 1. The Balaban J connectivity index is 2.23. The summed E-state index contributed by atoms with van der Waals surface area (Å²) in [6.45, 7) is 1.84. The van der Waals surface area contributed by atoms with Gasteiger partial charge in [-0.3, -0.25) is 4.98 Å². The fourth-order valence-corrected chi connectivity index (χ4v) is 1.06. The summed E-state index contributed by atoms with van der Waals surface area (Å²) in [5.41, 5.74) is 0.645. The number of rotatable bonds is 3. The summed E-state index contributed by atoms with van der Waals surface area (Å²) >= 11 is 0. The molecule has 7 heteroatoms. The van der Waals surface area contributed by atoms with Crippen molar-refractivity contribution in [1.29, 1.82) is 0 Å². The van der Waals surface area contributed by atoms with E-state index in [0.29, 0.717) is 5.75 Å². The molecule has 7 nitrogen and oxygen atoms in total. The zero-order chi connectivity index (χ0) is 11.5. The van der Waals surface area contributed by atoms with Gasteiger partial charge in [-0.2, -0.15) is 0 Å². The number of carboxylic acids is 1. The molecule has 16 heavy (non-hydrogen) atoms. The van der Waals surface area contributed by atoms with Crippen molar-refractivity contribution in [1.82, 2.24) is 20.4 Å². The van der Waals surface area contributed by atoms with Gasteiger partial charge in [-0.1, -0.05) is 10.3 Å². The highest BCUT2D eigenvalue weighted by molar-refractivity contribution is 5.87. The summed E-state index contributed by atoms with van der Waals surface area (Å²) in [6, 6.07) is 3.42. The predicted molar refractivity (Wildman–Crippen MR) is 52.4 cm³/mol. The van der Waals surface area contributed by atoms with Gasteiger partial charge in [-0.25, -0.2) is 9.89 Å². The zero-order valence-corrected chi connectivity index (χ0v) is 8.34. The average molecular weight is 220 g/mol. The second-order valence-corrected chi connectivity index (χ2v) is 3.03. The Morgan fingerprint density at radius 2 is 2.31 bits per heavy atom. The van der Waals surface area contributed by atoms with Crippen LogP contribution in [0.4, 0.5) is 0 Å². The molecule has 0 aliphatic carbocycles. The van der Waals surface area contributed by atoms with Crippen LogP contribution in [0.1, 0.15) is 16.2 Å². The fourth-order valence-electron chi connectivity index (χ4n) is 1.06. The van der Waals surface area contributed by atoms with Crippen LogP contribution in [0, 0.1) is 6.92 Å². The van der Waals surface area contributed by atoms with Crippen LogP contribution < -0.4 is 4.74 Å². The smallest absolute Gasteiger partial charge is 0.359 e. The summed E-state index contributed by atoms with van der Waals surface area (Å²) in [7, 11) is 0. The molecule has 0 amide bonds. The number of aryl methyl sites for hydroxylation is 1. The predicted octanol–water partition coefficient (Wildman–Crippen LogP) is 0.999. The standard InChI is InChI=1S/C9H8N4O3/c1-5-2-3-6(4-10-5)16-8-7(9(14)15)11-13-12-8/h2-4H,1H3,(H,14,15)(H,11,12,13). The molecule has 0 atom stereocenters. The molecule has 0 saturated heterocycles. The van der Waals surface area contributed by atoms with Crippen molar-refractivity contribution in [2.24, 2.45) is 0 Å². The van der Waals surface area contributed by atoms with Gasteiger partial charge >= 0.3 is 5.97 Å². The molecule has 0 saturated carbocycles. The lowest BCUT2D eigenvalue weighted by molar-refractivity contribution is 0.0687. The van der Waals surface area contributed by atoms with Crippen molar-refractivity contribution in [2.45, 2.75) is 6.92 Å². The maximum Gasteiger partial charge on any atom is 0.359 e. The molecule has 2 heterocycles. The van der Waals surface area contributed by atoms with E-state index in [1.165, 1.54) is 6.20 Å². The Morgan fingerprint density at radius 1 is 1.50 bits per heavy atom. The molecular formula is C9H8N4O3. The Labute approximate surface area is 90.1 Å². The maximum absolute atomic E-state index is 10.7. The summed E-state index contributed by atoms with van der Waals surface area (Å²) in [5.74, 6) is -0.861. The van der Waals surface area contributed by atoms with Gasteiger partial charge in [0.1, 0.15) is 5.75 Å². The number of carbonyl (C=O) groups is 1. The number of hydrogen-bond acceptors (Lipinski definition) is 5. The van der Waals surface area contributed by atoms with Crippen LogP contribution in [-0.4, -0.2) is 31.5 Å². The highest BCUT2D eigenvalue weighted by Gasteiger charge is 2.16. The lowest BCUT2D eigenvalue weighted by Crippen LogP contribution is -1.99. The van der Waals surface area contributed by atoms with Crippen molar-refractivity contribution in [3.05, 3.63) is 29.7 Å². The zero-order valence-electron chi connectivity index (χ0n) is 8.34. The molecular weight excluding hydrogens is 212 g/mol. The van der Waals surface area contributed by atoms with E-state index in [1.807, 2.05) is 6.92 Å². The third kappa shape index (κ3) is 1.97. The molecule has 0 unspecified atom stereocenters. The number of hydrogen-bond donors (Lipinski definition) is 2. The molecule has 2 aromatic rings. The number of aromatic nitrogens is 4. The van der Waals surface area contributed by atoms with E-state index in [-0.39, 0.29) is 11.6 Å². The monoisotopic (exact) mass is 220 g/mol. The minimum atomic E-state index is -1.18. The molecule has 0 aromatic carbocycles. The van der Waals surface area contributed by atoms with Crippen LogP contribution in [0.15, 0.2) is 18.3 Å². The molecule has 2 rings (SSSR count). The number of pyridine rings is 1. The van der Waals surface area contributed by atoms with Crippen molar-refractivity contribution >= 4 is 5.97 Å². The Hall–Kier alpha value is -2.44. The van der Waals surface area contributed by atoms with E-state index in [4.69, 9.17) is 9.84 Å². The van der Waals surface area contributed by atoms with Crippen LogP contribution in [-0.2, 0) is 0 Å². The van der Waals surface area contributed by atoms with Crippen molar-refractivity contribution in [3.8, 4) is 11.6 Å². The molecule has 0 fully saturated rings. The van der Waals surface area contributed by atoms with E-state index >= 15 is 0 Å². The van der Waals surface area contributed by atoms with Gasteiger partial charge in [0, 0.05) is 5.69 Å². The highest BCUT2D eigenvalue weighted by Crippen LogP contribution is 2.20. The highest BCUT2D eigenvalue weighted by atomic mass is 16.5. The minimum Gasteiger partial charge on any atom is -0.476 e. The first-order chi connectivity index (χ1) is 7.66. The van der Waals surface area contributed by atoms with Gasteiger partial charge in [0.2, 0.25) is 5.69 Å². The topological polar surface area (TPSA) is 101 Å². The molecule has 0 bridgehead atoms. The van der Waals surface area contributed by atoms with Crippen molar-refractivity contribution < 1.29 is 14.6 Å². The summed E-state index contributed by atoms with van der Waals surface area (Å²) in [6.07, 6.45) is 1.48. The molecule has 0 spiro atoms. The first-order valence-electron chi connectivity index (χ1n) is 4.41. The average Bonchev–Trinajstić information content (AvgIpc) is 2.69. The third-order valence-electron chi connectivity index (χ3n) is 1.83. The van der Waals surface area contributed by atoms with Crippen LogP contribution in [0.5, 0.6) is 11.6 Å². The minimum absolute atomic E-state index is 0.0850. The maximum atomic E-state index is 10.7. The molecule has 0 aliphatic rings. The Kier molecular flexibility index (Phi) is 2.50. The van der Waals surface area contributed by atoms with E-state index in [1.54, 1.807) is 12.1 Å². The second kappa shape index (κ2) is 3.97. The molecule has 0 radical (unpaired) electrons. The number of H-pyrrole nitrogens is 1. The number of aromatic carboxylic acids is 1. The van der Waals surface area contributed by atoms with E-state index < -0.39 is 5.97 Å². The fraction of sp³-hybridized carbons (Fsp3) is 0.111. The van der Waals surface area contributed by atoms with Crippen LogP contribution in [0.2, 0.25) is 0 Å². The molecule has 2 N–H and O–H groups in total. The molecule has 82 valence electrons. The Morgan fingerprint density at radius 3 is 2.94 bits per heavy atom. The normalized spacial score (nSPS) is 10.1. The van der Waals surface area contributed by atoms with Gasteiger partial charge in [0.05, 0.1) is 6.20 Å². The second-order valence-electron chi connectivity index (χ2n) is 3.03. The lowest BCUT2D eigenvalue weighted by Gasteiger charge is -2.01. The molecule has 0 aliphatic heterocycles. The van der Waals surface area contributed by atoms with E-state index in [0.717, 1.165) is 5.69 Å². The van der Waals surface area contributed by atoms with Gasteiger partial charge in [0.25, 0.3) is 5.88 Å². The van der Waals surface area contributed by atoms with Gasteiger partial charge in [-0.15, -0.1) is 0 Å². The van der Waals surface area contributed by atoms with Gasteiger partial charge in [-0.05, 0) is 19.1 Å². The van der Waals surface area contributed by atoms with Crippen molar-refractivity contribution in [3.63, 3.8) is 0 Å². The number of nitrogens with zero attached hydrogens (tertiary/aromatic N) is 3. The largest absolute Gasteiger partial charge is 0.476 e. The van der Waals surface area contributed by atoms with Crippen LogP contribution in [0.25, 0.3) is 0 Å². The van der Waals surface area contributed by atoms with E-state index in [9.17, 15) is 4.79 Å². The van der Waals surface area contributed by atoms with Crippen LogP contribution >= 0.6 is 0 Å². The summed E-state index contributed by atoms with van der Waals surface area (Å²) in [4.78, 5) is 14.7. The molecule has 2 aromatic heterocycles. The van der Waals surface area contributed by atoms with E-state index in [2.05, 4.69) is 20.4 Å². The summed E-state index contributed by atoms with van der Waals surface area (Å²) < 4.78 is 5.22. The first-order valence-corrected chi connectivity index (χ1v) is 4.41. The first kappa shape index (κ1) is 10.1. The lowest BCUT2D eigenvalue weighted by atomic mass is 10.4. The number of carboxylic acid groups (broad SMARTS) is 1. The van der Waals surface area contributed by atoms with Gasteiger partial charge < -0.3 is 9.84 Å². The third-order valence-corrected chi connectivity index (χ3v) is 1.83.